The Morgan fingerprint density at radius 1 is 1.19 bits per heavy atom. The van der Waals surface area contributed by atoms with Gasteiger partial charge in [0.05, 0.1) is 17.7 Å². The van der Waals surface area contributed by atoms with Gasteiger partial charge in [0, 0.05) is 6.04 Å². The number of methoxy groups -OCH3 is 1. The maximum absolute atomic E-state index is 6.21. The third kappa shape index (κ3) is 3.72. The lowest BCUT2D eigenvalue weighted by molar-refractivity contribution is 0.200. The van der Waals surface area contributed by atoms with Crippen molar-refractivity contribution in [1.82, 2.24) is 5.32 Å². The first-order chi connectivity index (χ1) is 10.3. The number of halogens is 1. The first-order valence-corrected chi connectivity index (χ1v) is 8.82. The molecule has 0 bridgehead atoms. The van der Waals surface area contributed by atoms with Gasteiger partial charge in [-0.15, -0.1) is 0 Å². The topological polar surface area (TPSA) is 30.5 Å². The summed E-state index contributed by atoms with van der Waals surface area (Å²) in [5, 5.41) is 3.56. The zero-order chi connectivity index (χ0) is 14.7. The number of ether oxygens (including phenoxy) is 2. The molecule has 1 saturated heterocycles. The number of nitrogens with one attached hydrogen (secondary N) is 1. The molecule has 0 spiro atoms. The monoisotopic (exact) mass is 353 g/mol. The van der Waals surface area contributed by atoms with Gasteiger partial charge in [0.1, 0.15) is 0 Å². The molecule has 3 rings (SSSR count). The summed E-state index contributed by atoms with van der Waals surface area (Å²) in [6.45, 7) is 1.15. The van der Waals surface area contributed by atoms with Crippen LogP contribution in [0.25, 0.3) is 0 Å². The molecule has 21 heavy (non-hydrogen) atoms. The van der Waals surface area contributed by atoms with E-state index in [9.17, 15) is 0 Å². The molecule has 1 aliphatic heterocycles. The number of benzene rings is 1. The Hall–Kier alpha value is -0.740. The van der Waals surface area contributed by atoms with Gasteiger partial charge in [-0.05, 0) is 85.1 Å². The summed E-state index contributed by atoms with van der Waals surface area (Å²) in [4.78, 5) is 0. The quantitative estimate of drug-likeness (QED) is 0.865. The smallest absolute Gasteiger partial charge is 0.174 e. The van der Waals surface area contributed by atoms with Crippen LogP contribution in [0.15, 0.2) is 16.6 Å². The second kappa shape index (κ2) is 7.01. The maximum atomic E-state index is 6.21. The molecule has 1 aliphatic carbocycles. The highest BCUT2D eigenvalue weighted by Gasteiger charge is 2.21. The lowest BCUT2D eigenvalue weighted by Crippen LogP contribution is -2.23. The Morgan fingerprint density at radius 3 is 2.67 bits per heavy atom. The molecule has 1 atom stereocenters. The molecule has 4 heteroatoms. The van der Waals surface area contributed by atoms with E-state index < -0.39 is 0 Å². The van der Waals surface area contributed by atoms with E-state index in [1.165, 1.54) is 31.2 Å². The summed E-state index contributed by atoms with van der Waals surface area (Å²) in [5.41, 5.74) is 1.31. The van der Waals surface area contributed by atoms with Crippen LogP contribution in [0, 0.1) is 0 Å². The standard InChI is InChI=1S/C17H24BrNO2/c1-20-17-15(18)10-12(9-13-5-4-8-19-13)11-16(17)21-14-6-2-3-7-14/h10-11,13-14,19H,2-9H2,1H3. The lowest BCUT2D eigenvalue weighted by atomic mass is 10.0. The van der Waals surface area contributed by atoms with Crippen LogP contribution in [0.1, 0.15) is 44.1 Å². The van der Waals surface area contributed by atoms with Crippen LogP contribution in [-0.2, 0) is 6.42 Å². The molecule has 1 unspecified atom stereocenters. The molecule has 3 nitrogen and oxygen atoms in total. The fourth-order valence-electron chi connectivity index (χ4n) is 3.43. The normalized spacial score (nSPS) is 22.7. The Morgan fingerprint density at radius 2 is 2.00 bits per heavy atom. The first kappa shape index (κ1) is 15.2. The minimum atomic E-state index is 0.352. The average Bonchev–Trinajstić information content (AvgIpc) is 3.12. The van der Waals surface area contributed by atoms with Crippen molar-refractivity contribution in [3.05, 3.63) is 22.2 Å². The highest BCUT2D eigenvalue weighted by Crippen LogP contribution is 2.39. The van der Waals surface area contributed by atoms with Gasteiger partial charge in [-0.3, -0.25) is 0 Å². The second-order valence-electron chi connectivity index (χ2n) is 6.13. The van der Waals surface area contributed by atoms with E-state index >= 15 is 0 Å². The maximum Gasteiger partial charge on any atom is 0.174 e. The molecule has 1 aromatic carbocycles. The van der Waals surface area contributed by atoms with E-state index in [2.05, 4.69) is 33.4 Å². The van der Waals surface area contributed by atoms with Crippen molar-refractivity contribution in [2.75, 3.05) is 13.7 Å². The van der Waals surface area contributed by atoms with Crippen LogP contribution in [0.3, 0.4) is 0 Å². The van der Waals surface area contributed by atoms with Gasteiger partial charge in [-0.2, -0.15) is 0 Å². The first-order valence-electron chi connectivity index (χ1n) is 8.02. The molecular formula is C17H24BrNO2. The average molecular weight is 354 g/mol. The minimum Gasteiger partial charge on any atom is -0.492 e. The van der Waals surface area contributed by atoms with Gasteiger partial charge in [0.15, 0.2) is 11.5 Å². The van der Waals surface area contributed by atoms with E-state index in [1.54, 1.807) is 7.11 Å². The molecule has 1 aromatic rings. The Bertz CT molecular complexity index is 480. The van der Waals surface area contributed by atoms with Gasteiger partial charge in [-0.25, -0.2) is 0 Å². The number of rotatable bonds is 5. The highest BCUT2D eigenvalue weighted by molar-refractivity contribution is 9.10. The summed E-state index contributed by atoms with van der Waals surface area (Å²) in [5.74, 6) is 1.72. The van der Waals surface area contributed by atoms with Crippen LogP contribution in [0.4, 0.5) is 0 Å². The number of hydrogen-bond donors (Lipinski definition) is 1. The van der Waals surface area contributed by atoms with Crippen molar-refractivity contribution in [1.29, 1.82) is 0 Å². The predicted molar refractivity (Wildman–Crippen MR) is 88.3 cm³/mol. The van der Waals surface area contributed by atoms with Gasteiger partial charge >= 0.3 is 0 Å². The van der Waals surface area contributed by atoms with Gasteiger partial charge in [-0.1, -0.05) is 0 Å². The molecule has 1 saturated carbocycles. The predicted octanol–water partition coefficient (Wildman–Crippen LogP) is 4.07. The van der Waals surface area contributed by atoms with E-state index in [4.69, 9.17) is 9.47 Å². The van der Waals surface area contributed by atoms with E-state index in [0.29, 0.717) is 12.1 Å². The Balaban J connectivity index is 1.78. The van der Waals surface area contributed by atoms with Crippen molar-refractivity contribution in [2.45, 2.75) is 57.1 Å². The van der Waals surface area contributed by atoms with Crippen molar-refractivity contribution in [3.8, 4) is 11.5 Å². The van der Waals surface area contributed by atoms with Crippen LogP contribution >= 0.6 is 15.9 Å². The van der Waals surface area contributed by atoms with E-state index in [1.807, 2.05) is 0 Å². The number of hydrogen-bond acceptors (Lipinski definition) is 3. The van der Waals surface area contributed by atoms with Crippen LogP contribution in [0.2, 0.25) is 0 Å². The summed E-state index contributed by atoms with van der Waals surface area (Å²) < 4.78 is 12.7. The van der Waals surface area contributed by atoms with Gasteiger partial charge in [0.2, 0.25) is 0 Å². The second-order valence-corrected chi connectivity index (χ2v) is 6.99. The van der Waals surface area contributed by atoms with Gasteiger partial charge < -0.3 is 14.8 Å². The molecule has 0 radical (unpaired) electrons. The molecule has 0 aromatic heterocycles. The molecule has 0 amide bonds. The lowest BCUT2D eigenvalue weighted by Gasteiger charge is -2.19. The zero-order valence-corrected chi connectivity index (χ0v) is 14.2. The highest BCUT2D eigenvalue weighted by atomic mass is 79.9. The molecule has 2 aliphatic rings. The molecular weight excluding hydrogens is 330 g/mol. The Labute approximate surface area is 135 Å². The fraction of sp³-hybridized carbons (Fsp3) is 0.647. The molecule has 1 heterocycles. The minimum absolute atomic E-state index is 0.352. The van der Waals surface area contributed by atoms with Gasteiger partial charge in [0.25, 0.3) is 0 Å². The van der Waals surface area contributed by atoms with E-state index in [0.717, 1.165) is 41.8 Å². The van der Waals surface area contributed by atoms with Crippen molar-refractivity contribution < 1.29 is 9.47 Å². The van der Waals surface area contributed by atoms with E-state index in [-0.39, 0.29) is 0 Å². The van der Waals surface area contributed by atoms with Crippen molar-refractivity contribution >= 4 is 15.9 Å². The fourth-order valence-corrected chi connectivity index (χ4v) is 4.08. The van der Waals surface area contributed by atoms with Crippen LogP contribution in [-0.4, -0.2) is 25.8 Å². The van der Waals surface area contributed by atoms with Crippen LogP contribution < -0.4 is 14.8 Å². The Kier molecular flexibility index (Phi) is 5.07. The molecule has 2 fully saturated rings. The SMILES string of the molecule is COc1c(Br)cc(CC2CCCN2)cc1OC1CCCC1. The summed E-state index contributed by atoms with van der Waals surface area (Å²) in [6.07, 6.45) is 8.84. The van der Waals surface area contributed by atoms with Crippen LogP contribution in [0.5, 0.6) is 11.5 Å². The largest absolute Gasteiger partial charge is 0.492 e. The summed E-state index contributed by atoms with van der Waals surface area (Å²) in [7, 11) is 1.71. The summed E-state index contributed by atoms with van der Waals surface area (Å²) in [6, 6.07) is 4.94. The molecule has 1 N–H and O–H groups in total. The third-order valence-corrected chi connectivity index (χ3v) is 5.10. The zero-order valence-electron chi connectivity index (χ0n) is 12.7. The van der Waals surface area contributed by atoms with Crippen molar-refractivity contribution in [3.63, 3.8) is 0 Å². The molecule has 116 valence electrons. The van der Waals surface area contributed by atoms with Crippen molar-refractivity contribution in [2.24, 2.45) is 0 Å². The third-order valence-electron chi connectivity index (χ3n) is 4.51. The summed E-state index contributed by atoms with van der Waals surface area (Å²) >= 11 is 3.63.